The standard InChI is InChI=1S/C25H24N2O3/c28-22(26-25-12-15-9-16(13-25)11-17(10-15)14-25)18-5-7-19(8-6-18)27-23(29)20-3-1-2-4-21(20)24(27)30/h1-8,15-17H,9-14H2,(H,26,28). The van der Waals surface area contributed by atoms with E-state index in [1.54, 1.807) is 48.5 Å². The van der Waals surface area contributed by atoms with Gasteiger partial charge in [0.25, 0.3) is 17.7 Å². The number of hydrogen-bond acceptors (Lipinski definition) is 3. The fourth-order valence-corrected chi connectivity index (χ4v) is 6.76. The SMILES string of the molecule is O=C(NC12CC3CC(CC(C3)C1)C2)c1ccc(N2C(=O)c3ccccc3C2=O)cc1. The lowest BCUT2D eigenvalue weighted by Crippen LogP contribution is -2.59. The highest BCUT2D eigenvalue weighted by atomic mass is 16.2. The molecule has 2 aromatic carbocycles. The number of anilines is 1. The first kappa shape index (κ1) is 17.9. The molecular formula is C25H24N2O3. The topological polar surface area (TPSA) is 66.5 Å². The number of carbonyl (C=O) groups excluding carboxylic acids is 3. The fourth-order valence-electron chi connectivity index (χ4n) is 6.76. The quantitative estimate of drug-likeness (QED) is 0.786. The van der Waals surface area contributed by atoms with Gasteiger partial charge in [-0.05, 0) is 92.7 Å². The third-order valence-corrected chi connectivity index (χ3v) is 7.60. The van der Waals surface area contributed by atoms with Gasteiger partial charge in [0, 0.05) is 11.1 Å². The number of carbonyl (C=O) groups is 3. The Bertz CT molecular complexity index is 1000. The van der Waals surface area contributed by atoms with E-state index in [1.807, 2.05) is 0 Å². The van der Waals surface area contributed by atoms with Crippen molar-refractivity contribution in [2.45, 2.75) is 44.1 Å². The molecule has 0 unspecified atom stereocenters. The van der Waals surface area contributed by atoms with Crippen LogP contribution in [-0.2, 0) is 0 Å². The molecular weight excluding hydrogens is 376 g/mol. The van der Waals surface area contributed by atoms with E-state index in [0.717, 1.165) is 37.0 Å². The van der Waals surface area contributed by atoms with Crippen molar-refractivity contribution < 1.29 is 14.4 Å². The third kappa shape index (κ3) is 2.64. The van der Waals surface area contributed by atoms with Crippen molar-refractivity contribution in [3.63, 3.8) is 0 Å². The summed E-state index contributed by atoms with van der Waals surface area (Å²) in [5.41, 5.74) is 1.88. The average Bonchev–Trinajstić information content (AvgIpc) is 2.97. The zero-order chi connectivity index (χ0) is 20.5. The van der Waals surface area contributed by atoms with E-state index < -0.39 is 0 Å². The first-order valence-corrected chi connectivity index (χ1v) is 10.9. The van der Waals surface area contributed by atoms with Crippen molar-refractivity contribution >= 4 is 23.4 Å². The predicted molar refractivity (Wildman–Crippen MR) is 112 cm³/mol. The van der Waals surface area contributed by atoms with E-state index in [9.17, 15) is 14.4 Å². The number of hydrogen-bond donors (Lipinski definition) is 1. The van der Waals surface area contributed by atoms with Gasteiger partial charge in [-0.15, -0.1) is 0 Å². The summed E-state index contributed by atoms with van der Waals surface area (Å²) in [6.45, 7) is 0. The molecule has 30 heavy (non-hydrogen) atoms. The molecule has 1 heterocycles. The van der Waals surface area contributed by atoms with Crippen molar-refractivity contribution in [3.05, 3.63) is 65.2 Å². The molecule has 0 spiro atoms. The van der Waals surface area contributed by atoms with Crippen LogP contribution in [0.25, 0.3) is 0 Å². The van der Waals surface area contributed by atoms with E-state index in [2.05, 4.69) is 5.32 Å². The van der Waals surface area contributed by atoms with Crippen molar-refractivity contribution in [2.24, 2.45) is 17.8 Å². The number of imide groups is 1. The van der Waals surface area contributed by atoms with Crippen LogP contribution in [0.2, 0.25) is 0 Å². The molecule has 4 bridgehead atoms. The number of rotatable bonds is 3. The average molecular weight is 400 g/mol. The second-order valence-corrected chi connectivity index (χ2v) is 9.69. The Morgan fingerprint density at radius 2 is 1.30 bits per heavy atom. The normalized spacial score (nSPS) is 31.2. The lowest BCUT2D eigenvalue weighted by Gasteiger charge is -2.56. The summed E-state index contributed by atoms with van der Waals surface area (Å²) in [7, 11) is 0. The van der Waals surface area contributed by atoms with Crippen LogP contribution in [0.5, 0.6) is 0 Å². The van der Waals surface area contributed by atoms with Crippen molar-refractivity contribution in [2.75, 3.05) is 4.90 Å². The maximum absolute atomic E-state index is 13.0. The van der Waals surface area contributed by atoms with Crippen LogP contribution >= 0.6 is 0 Å². The summed E-state index contributed by atoms with van der Waals surface area (Å²) in [5.74, 6) is 1.63. The molecule has 152 valence electrons. The fraction of sp³-hybridized carbons (Fsp3) is 0.400. The zero-order valence-electron chi connectivity index (χ0n) is 16.8. The molecule has 4 fully saturated rings. The maximum Gasteiger partial charge on any atom is 0.266 e. The molecule has 7 rings (SSSR count). The van der Waals surface area contributed by atoms with Gasteiger partial charge in [-0.1, -0.05) is 12.1 Å². The van der Waals surface area contributed by atoms with Crippen LogP contribution < -0.4 is 10.2 Å². The smallest absolute Gasteiger partial charge is 0.266 e. The van der Waals surface area contributed by atoms with E-state index >= 15 is 0 Å². The van der Waals surface area contributed by atoms with E-state index in [-0.39, 0.29) is 23.3 Å². The Morgan fingerprint density at radius 1 is 0.800 bits per heavy atom. The van der Waals surface area contributed by atoms with Crippen LogP contribution in [0.4, 0.5) is 5.69 Å². The summed E-state index contributed by atoms with van der Waals surface area (Å²) in [5, 5.41) is 3.38. The van der Waals surface area contributed by atoms with Crippen LogP contribution in [0.1, 0.15) is 69.6 Å². The molecule has 4 saturated carbocycles. The highest BCUT2D eigenvalue weighted by molar-refractivity contribution is 6.34. The minimum Gasteiger partial charge on any atom is -0.347 e. The Morgan fingerprint density at radius 3 is 1.80 bits per heavy atom. The van der Waals surface area contributed by atoms with Gasteiger partial charge in [0.2, 0.25) is 0 Å². The second kappa shape index (κ2) is 6.27. The molecule has 0 radical (unpaired) electrons. The Hall–Kier alpha value is -2.95. The first-order valence-electron chi connectivity index (χ1n) is 10.9. The Kier molecular flexibility index (Phi) is 3.74. The summed E-state index contributed by atoms with van der Waals surface area (Å²) < 4.78 is 0. The van der Waals surface area contributed by atoms with Crippen molar-refractivity contribution in [3.8, 4) is 0 Å². The van der Waals surface area contributed by atoms with Gasteiger partial charge < -0.3 is 5.32 Å². The van der Waals surface area contributed by atoms with Crippen LogP contribution in [0.3, 0.4) is 0 Å². The molecule has 5 nitrogen and oxygen atoms in total. The monoisotopic (exact) mass is 400 g/mol. The first-order chi connectivity index (χ1) is 14.5. The summed E-state index contributed by atoms with van der Waals surface area (Å²) in [6, 6.07) is 13.7. The molecule has 2 aromatic rings. The Balaban J connectivity index is 1.21. The van der Waals surface area contributed by atoms with Gasteiger partial charge in [-0.25, -0.2) is 4.90 Å². The largest absolute Gasteiger partial charge is 0.347 e. The molecule has 0 saturated heterocycles. The molecule has 5 aliphatic rings. The highest BCUT2D eigenvalue weighted by Gasteiger charge is 2.51. The zero-order valence-corrected chi connectivity index (χ0v) is 16.8. The molecule has 0 aromatic heterocycles. The molecule has 1 aliphatic heterocycles. The van der Waals surface area contributed by atoms with Gasteiger partial charge in [0.1, 0.15) is 0 Å². The predicted octanol–water partition coefficient (Wildman–Crippen LogP) is 4.19. The van der Waals surface area contributed by atoms with Crippen LogP contribution in [0, 0.1) is 17.8 Å². The number of nitrogens with zero attached hydrogens (tertiary/aromatic N) is 1. The van der Waals surface area contributed by atoms with E-state index in [0.29, 0.717) is 22.4 Å². The van der Waals surface area contributed by atoms with Gasteiger partial charge in [0.15, 0.2) is 0 Å². The number of amides is 3. The summed E-state index contributed by atoms with van der Waals surface area (Å²) in [4.78, 5) is 39.5. The van der Waals surface area contributed by atoms with Gasteiger partial charge in [0.05, 0.1) is 16.8 Å². The second-order valence-electron chi connectivity index (χ2n) is 9.69. The molecule has 1 N–H and O–H groups in total. The van der Waals surface area contributed by atoms with Gasteiger partial charge in [-0.2, -0.15) is 0 Å². The number of benzene rings is 2. The maximum atomic E-state index is 13.0. The molecule has 5 heteroatoms. The van der Waals surface area contributed by atoms with Crippen LogP contribution in [-0.4, -0.2) is 23.3 Å². The molecule has 0 atom stereocenters. The summed E-state index contributed by atoms with van der Waals surface area (Å²) in [6.07, 6.45) is 7.34. The third-order valence-electron chi connectivity index (χ3n) is 7.60. The molecule has 4 aliphatic carbocycles. The number of fused-ring (bicyclic) bond motifs is 1. The van der Waals surface area contributed by atoms with Crippen molar-refractivity contribution in [1.82, 2.24) is 5.32 Å². The minimum atomic E-state index is -0.318. The molecule has 3 amide bonds. The lowest BCUT2D eigenvalue weighted by molar-refractivity contribution is -0.0167. The van der Waals surface area contributed by atoms with Crippen LogP contribution in [0.15, 0.2) is 48.5 Å². The van der Waals surface area contributed by atoms with Gasteiger partial charge >= 0.3 is 0 Å². The lowest BCUT2D eigenvalue weighted by atomic mass is 9.53. The highest BCUT2D eigenvalue weighted by Crippen LogP contribution is 2.55. The van der Waals surface area contributed by atoms with E-state index in [4.69, 9.17) is 0 Å². The minimum absolute atomic E-state index is 0.0347. The number of nitrogens with one attached hydrogen (secondary N) is 1. The summed E-state index contributed by atoms with van der Waals surface area (Å²) >= 11 is 0. The van der Waals surface area contributed by atoms with Gasteiger partial charge in [-0.3, -0.25) is 14.4 Å². The van der Waals surface area contributed by atoms with Crippen molar-refractivity contribution in [1.29, 1.82) is 0 Å². The van der Waals surface area contributed by atoms with E-state index in [1.165, 1.54) is 24.2 Å². The Labute approximate surface area is 175 Å².